The molecule has 1 aromatic carbocycles. The van der Waals surface area contributed by atoms with Crippen LogP contribution in [0.3, 0.4) is 0 Å². The van der Waals surface area contributed by atoms with Gasteiger partial charge in [-0.15, -0.1) is 0 Å². The molecule has 0 fully saturated rings. The maximum absolute atomic E-state index is 12.0. The second-order valence-electron chi connectivity index (χ2n) is 3.59. The topological polar surface area (TPSA) is 47.0 Å². The van der Waals surface area contributed by atoms with Gasteiger partial charge in [-0.25, -0.2) is 8.42 Å². The van der Waals surface area contributed by atoms with Crippen molar-refractivity contribution in [3.63, 3.8) is 0 Å². The lowest BCUT2D eigenvalue weighted by atomic mass is 10.3. The van der Waals surface area contributed by atoms with E-state index in [1.807, 2.05) is 0 Å². The lowest BCUT2D eigenvalue weighted by Crippen LogP contribution is -1.95. The molecule has 0 spiro atoms. The molecule has 18 heavy (non-hydrogen) atoms. The largest absolute Gasteiger partial charge is 0.265 e. The number of hydrogen-bond acceptors (Lipinski definition) is 3. The molecule has 0 aliphatic heterocycles. The van der Waals surface area contributed by atoms with E-state index in [-0.39, 0.29) is 4.90 Å². The van der Waals surface area contributed by atoms with Crippen molar-refractivity contribution in [1.82, 2.24) is 4.98 Å². The summed E-state index contributed by atoms with van der Waals surface area (Å²) < 4.78 is 24.0. The maximum Gasteiger partial charge on any atom is 0.199 e. The third kappa shape index (κ3) is 3.18. The summed E-state index contributed by atoms with van der Waals surface area (Å²) in [5.74, 6) is 0. The van der Waals surface area contributed by atoms with Crippen molar-refractivity contribution in [2.75, 3.05) is 0 Å². The SMILES string of the molecule is O=S(=O)(/C=C/c1ccncc1)c1cccc(Cl)c1. The average molecular weight is 280 g/mol. The number of sulfone groups is 1. The van der Waals surface area contributed by atoms with E-state index < -0.39 is 9.84 Å². The van der Waals surface area contributed by atoms with E-state index >= 15 is 0 Å². The van der Waals surface area contributed by atoms with E-state index in [1.165, 1.54) is 18.2 Å². The third-order valence-electron chi connectivity index (χ3n) is 2.27. The van der Waals surface area contributed by atoms with E-state index in [1.54, 1.807) is 36.7 Å². The molecule has 2 rings (SSSR count). The minimum atomic E-state index is -3.47. The zero-order valence-electron chi connectivity index (χ0n) is 9.32. The molecule has 0 saturated heterocycles. The molecule has 0 aliphatic carbocycles. The highest BCUT2D eigenvalue weighted by Crippen LogP contribution is 2.18. The van der Waals surface area contributed by atoms with Gasteiger partial charge in [-0.3, -0.25) is 4.98 Å². The highest BCUT2D eigenvalue weighted by molar-refractivity contribution is 7.94. The Morgan fingerprint density at radius 2 is 1.83 bits per heavy atom. The van der Waals surface area contributed by atoms with Crippen LogP contribution in [-0.4, -0.2) is 13.4 Å². The Labute approximate surface area is 111 Å². The monoisotopic (exact) mass is 279 g/mol. The molecule has 2 aromatic rings. The van der Waals surface area contributed by atoms with Crippen LogP contribution in [0.1, 0.15) is 5.56 Å². The van der Waals surface area contributed by atoms with Crippen LogP contribution in [0.5, 0.6) is 0 Å². The van der Waals surface area contributed by atoms with Gasteiger partial charge < -0.3 is 0 Å². The van der Waals surface area contributed by atoms with Crippen LogP contribution in [0.2, 0.25) is 5.02 Å². The van der Waals surface area contributed by atoms with Crippen LogP contribution in [-0.2, 0) is 9.84 Å². The molecule has 0 atom stereocenters. The second kappa shape index (κ2) is 5.33. The molecule has 0 radical (unpaired) electrons. The van der Waals surface area contributed by atoms with Crippen LogP contribution < -0.4 is 0 Å². The molecule has 0 amide bonds. The fraction of sp³-hybridized carbons (Fsp3) is 0. The lowest BCUT2D eigenvalue weighted by Gasteiger charge is -1.99. The van der Waals surface area contributed by atoms with E-state index in [4.69, 9.17) is 11.6 Å². The Hall–Kier alpha value is -1.65. The molecule has 0 unspecified atom stereocenters. The summed E-state index contributed by atoms with van der Waals surface area (Å²) in [6.45, 7) is 0. The quantitative estimate of drug-likeness (QED) is 0.867. The molecule has 0 bridgehead atoms. The Morgan fingerprint density at radius 1 is 1.11 bits per heavy atom. The summed E-state index contributed by atoms with van der Waals surface area (Å²) in [6.07, 6.45) is 4.73. The number of rotatable bonds is 3. The lowest BCUT2D eigenvalue weighted by molar-refractivity contribution is 0.605. The van der Waals surface area contributed by atoms with Gasteiger partial charge in [0.05, 0.1) is 4.90 Å². The van der Waals surface area contributed by atoms with E-state index in [2.05, 4.69) is 4.98 Å². The first kappa shape index (κ1) is 12.8. The molecule has 1 aromatic heterocycles. The van der Waals surface area contributed by atoms with Gasteiger partial charge >= 0.3 is 0 Å². The molecular weight excluding hydrogens is 270 g/mol. The van der Waals surface area contributed by atoms with Gasteiger partial charge in [0.15, 0.2) is 9.84 Å². The van der Waals surface area contributed by atoms with Crippen LogP contribution in [0.15, 0.2) is 59.1 Å². The van der Waals surface area contributed by atoms with Gasteiger partial charge in [-0.2, -0.15) is 0 Å². The average Bonchev–Trinajstić information content (AvgIpc) is 2.38. The second-order valence-corrected chi connectivity index (χ2v) is 5.86. The van der Waals surface area contributed by atoms with Crippen molar-refractivity contribution in [2.24, 2.45) is 0 Å². The first-order valence-electron chi connectivity index (χ1n) is 5.17. The number of hydrogen-bond donors (Lipinski definition) is 0. The van der Waals surface area contributed by atoms with Crippen molar-refractivity contribution in [3.8, 4) is 0 Å². The highest BCUT2D eigenvalue weighted by Gasteiger charge is 2.10. The summed E-state index contributed by atoms with van der Waals surface area (Å²) in [6, 6.07) is 9.63. The van der Waals surface area contributed by atoms with Crippen molar-refractivity contribution in [2.45, 2.75) is 4.90 Å². The summed E-state index contributed by atoms with van der Waals surface area (Å²) in [7, 11) is -3.47. The summed E-state index contributed by atoms with van der Waals surface area (Å²) in [5.41, 5.74) is 0.774. The number of pyridine rings is 1. The van der Waals surface area contributed by atoms with Crippen molar-refractivity contribution in [3.05, 3.63) is 64.8 Å². The molecule has 92 valence electrons. The van der Waals surface area contributed by atoms with Crippen molar-refractivity contribution >= 4 is 27.5 Å². The van der Waals surface area contributed by atoms with Gasteiger partial charge in [0.1, 0.15) is 0 Å². The Kier molecular flexibility index (Phi) is 3.79. The van der Waals surface area contributed by atoms with Gasteiger partial charge in [0, 0.05) is 22.8 Å². The molecule has 0 aliphatic rings. The van der Waals surface area contributed by atoms with Gasteiger partial charge in [-0.1, -0.05) is 17.7 Å². The minimum absolute atomic E-state index is 0.181. The third-order valence-corrected chi connectivity index (χ3v) is 3.91. The molecule has 5 heteroatoms. The number of nitrogens with zero attached hydrogens (tertiary/aromatic N) is 1. The fourth-order valence-corrected chi connectivity index (χ4v) is 2.67. The van der Waals surface area contributed by atoms with E-state index in [9.17, 15) is 8.42 Å². The zero-order valence-corrected chi connectivity index (χ0v) is 10.9. The predicted molar refractivity (Wildman–Crippen MR) is 71.9 cm³/mol. The summed E-state index contributed by atoms with van der Waals surface area (Å²) in [4.78, 5) is 4.04. The smallest absolute Gasteiger partial charge is 0.199 e. The van der Waals surface area contributed by atoms with Crippen LogP contribution in [0, 0.1) is 0 Å². The number of benzene rings is 1. The van der Waals surface area contributed by atoms with Crippen molar-refractivity contribution < 1.29 is 8.42 Å². The van der Waals surface area contributed by atoms with E-state index in [0.717, 1.165) is 11.0 Å². The van der Waals surface area contributed by atoms with Crippen LogP contribution in [0.4, 0.5) is 0 Å². The first-order valence-corrected chi connectivity index (χ1v) is 7.09. The fourth-order valence-electron chi connectivity index (χ4n) is 1.37. The predicted octanol–water partition coefficient (Wildman–Crippen LogP) is 3.18. The molecule has 0 saturated carbocycles. The molecule has 1 heterocycles. The summed E-state index contributed by atoms with van der Waals surface area (Å²) >= 11 is 5.77. The molecule has 3 nitrogen and oxygen atoms in total. The number of aromatic nitrogens is 1. The molecular formula is C13H10ClNO2S. The normalized spacial score (nSPS) is 11.8. The van der Waals surface area contributed by atoms with Gasteiger partial charge in [0.2, 0.25) is 0 Å². The van der Waals surface area contributed by atoms with Gasteiger partial charge in [0.25, 0.3) is 0 Å². The Balaban J connectivity index is 2.31. The highest BCUT2D eigenvalue weighted by atomic mass is 35.5. The van der Waals surface area contributed by atoms with Crippen molar-refractivity contribution in [1.29, 1.82) is 0 Å². The first-order chi connectivity index (χ1) is 8.58. The zero-order chi connectivity index (χ0) is 13.0. The van der Waals surface area contributed by atoms with Crippen LogP contribution >= 0.6 is 11.6 Å². The van der Waals surface area contributed by atoms with Gasteiger partial charge in [-0.05, 0) is 42.0 Å². The Bertz CT molecular complexity index is 666. The summed E-state index contributed by atoms with van der Waals surface area (Å²) in [5, 5.41) is 1.56. The Morgan fingerprint density at radius 3 is 2.50 bits per heavy atom. The van der Waals surface area contributed by atoms with E-state index in [0.29, 0.717) is 5.02 Å². The standard InChI is InChI=1S/C13H10ClNO2S/c14-12-2-1-3-13(10-12)18(16,17)9-6-11-4-7-15-8-5-11/h1-10H/b9-6+. The number of halogens is 1. The molecule has 0 N–H and O–H groups in total. The van der Waals surface area contributed by atoms with Crippen LogP contribution in [0.25, 0.3) is 6.08 Å². The maximum atomic E-state index is 12.0. The minimum Gasteiger partial charge on any atom is -0.265 e.